The van der Waals surface area contributed by atoms with Gasteiger partial charge < -0.3 is 9.64 Å². The Kier molecular flexibility index (Phi) is 3.80. The molecule has 0 N–H and O–H groups in total. The van der Waals surface area contributed by atoms with E-state index in [0.717, 1.165) is 12.8 Å². The molecule has 0 unspecified atom stereocenters. The second-order valence-corrected chi connectivity index (χ2v) is 6.07. The molecule has 0 radical (unpaired) electrons. The normalized spacial score (nSPS) is 21.5. The summed E-state index contributed by atoms with van der Waals surface area (Å²) in [5, 5.41) is 11.4. The number of rotatable bonds is 2. The molecule has 1 aromatic rings. The molecule has 2 heterocycles. The van der Waals surface area contributed by atoms with Gasteiger partial charge in [0, 0.05) is 24.8 Å². The number of morpholine rings is 1. The van der Waals surface area contributed by atoms with E-state index in [-0.39, 0.29) is 16.2 Å². The van der Waals surface area contributed by atoms with Gasteiger partial charge in [0.15, 0.2) is 0 Å². The van der Waals surface area contributed by atoms with E-state index < -0.39 is 0 Å². The van der Waals surface area contributed by atoms with Crippen molar-refractivity contribution in [3.8, 4) is 0 Å². The first-order valence-electron chi connectivity index (χ1n) is 7.60. The molecule has 21 heavy (non-hydrogen) atoms. The van der Waals surface area contributed by atoms with Crippen LogP contribution in [0.5, 0.6) is 0 Å². The minimum atomic E-state index is -0.319. The zero-order valence-electron chi connectivity index (χ0n) is 12.4. The van der Waals surface area contributed by atoms with Crippen molar-refractivity contribution < 1.29 is 9.66 Å². The van der Waals surface area contributed by atoms with E-state index in [0.29, 0.717) is 31.1 Å². The summed E-state index contributed by atoms with van der Waals surface area (Å²) in [5.74, 6) is 0.494. The predicted octanol–water partition coefficient (Wildman–Crippen LogP) is 2.84. The van der Waals surface area contributed by atoms with Crippen molar-refractivity contribution >= 4 is 11.5 Å². The third-order valence-corrected chi connectivity index (χ3v) is 4.60. The standard InChI is InChI=1S/C15H21N3O3/c1-12-5-8-16-14(13(12)18(19)20)17-9-10-21-15(11-17)6-3-2-4-7-15/h5,8H,2-4,6-7,9-11H2,1H3. The van der Waals surface area contributed by atoms with Crippen molar-refractivity contribution in [2.45, 2.75) is 44.6 Å². The molecule has 1 aromatic heterocycles. The number of aromatic nitrogens is 1. The van der Waals surface area contributed by atoms with Gasteiger partial charge in [0.2, 0.25) is 5.82 Å². The van der Waals surface area contributed by atoms with E-state index in [9.17, 15) is 10.1 Å². The molecule has 2 fully saturated rings. The minimum absolute atomic E-state index is 0.129. The molecule has 0 aromatic carbocycles. The topological polar surface area (TPSA) is 68.5 Å². The molecule has 0 amide bonds. The molecule has 3 rings (SSSR count). The Morgan fingerprint density at radius 1 is 1.38 bits per heavy atom. The maximum atomic E-state index is 11.4. The summed E-state index contributed by atoms with van der Waals surface area (Å²) < 4.78 is 6.05. The minimum Gasteiger partial charge on any atom is -0.371 e. The number of ether oxygens (including phenoxy) is 1. The largest absolute Gasteiger partial charge is 0.371 e. The average Bonchev–Trinajstić information content (AvgIpc) is 2.47. The fraction of sp³-hybridized carbons (Fsp3) is 0.667. The van der Waals surface area contributed by atoms with Crippen LogP contribution in [0.2, 0.25) is 0 Å². The first-order valence-corrected chi connectivity index (χ1v) is 7.60. The average molecular weight is 291 g/mol. The van der Waals surface area contributed by atoms with Crippen LogP contribution in [-0.4, -0.2) is 35.2 Å². The Hall–Kier alpha value is -1.69. The summed E-state index contributed by atoms with van der Waals surface area (Å²) in [5.41, 5.74) is 0.662. The molecule has 6 heteroatoms. The zero-order valence-corrected chi connectivity index (χ0v) is 12.4. The Balaban J connectivity index is 1.90. The third kappa shape index (κ3) is 2.72. The van der Waals surface area contributed by atoms with Crippen LogP contribution in [-0.2, 0) is 4.74 Å². The van der Waals surface area contributed by atoms with E-state index in [4.69, 9.17) is 4.74 Å². The van der Waals surface area contributed by atoms with E-state index in [2.05, 4.69) is 4.98 Å². The molecule has 1 aliphatic carbocycles. The monoisotopic (exact) mass is 291 g/mol. The highest BCUT2D eigenvalue weighted by atomic mass is 16.6. The van der Waals surface area contributed by atoms with Crippen LogP contribution < -0.4 is 4.90 Å². The van der Waals surface area contributed by atoms with E-state index in [1.807, 2.05) is 4.90 Å². The van der Waals surface area contributed by atoms with Gasteiger partial charge in [-0.2, -0.15) is 0 Å². The molecule has 2 aliphatic rings. The Bertz CT molecular complexity index is 535. The van der Waals surface area contributed by atoms with Gasteiger partial charge in [-0.1, -0.05) is 19.3 Å². The zero-order chi connectivity index (χ0) is 14.9. The van der Waals surface area contributed by atoms with Gasteiger partial charge in [-0.25, -0.2) is 4.98 Å². The van der Waals surface area contributed by atoms with Gasteiger partial charge in [-0.05, 0) is 25.8 Å². The lowest BCUT2D eigenvalue weighted by Crippen LogP contribution is -2.53. The number of hydrogen-bond donors (Lipinski definition) is 0. The maximum absolute atomic E-state index is 11.4. The van der Waals surface area contributed by atoms with Crippen LogP contribution in [0.15, 0.2) is 12.3 Å². The van der Waals surface area contributed by atoms with Crippen molar-refractivity contribution in [3.05, 3.63) is 27.9 Å². The summed E-state index contributed by atoms with van der Waals surface area (Å²) in [6, 6.07) is 1.69. The molecule has 1 aliphatic heterocycles. The van der Waals surface area contributed by atoms with Crippen LogP contribution in [0.3, 0.4) is 0 Å². The van der Waals surface area contributed by atoms with Gasteiger partial charge in [-0.15, -0.1) is 0 Å². The maximum Gasteiger partial charge on any atom is 0.314 e. The Morgan fingerprint density at radius 3 is 2.86 bits per heavy atom. The molecule has 1 saturated heterocycles. The van der Waals surface area contributed by atoms with Crippen molar-refractivity contribution in [1.29, 1.82) is 0 Å². The second kappa shape index (κ2) is 5.60. The molecule has 0 bridgehead atoms. The quantitative estimate of drug-likeness (QED) is 0.619. The molecular weight excluding hydrogens is 270 g/mol. The summed E-state index contributed by atoms with van der Waals surface area (Å²) in [4.78, 5) is 17.4. The number of anilines is 1. The highest BCUT2D eigenvalue weighted by Gasteiger charge is 2.39. The summed E-state index contributed by atoms with van der Waals surface area (Å²) >= 11 is 0. The lowest BCUT2D eigenvalue weighted by molar-refractivity contribution is -0.385. The van der Waals surface area contributed by atoms with Crippen molar-refractivity contribution in [2.75, 3.05) is 24.6 Å². The lowest BCUT2D eigenvalue weighted by atomic mass is 9.83. The highest BCUT2D eigenvalue weighted by molar-refractivity contribution is 5.61. The van der Waals surface area contributed by atoms with Crippen LogP contribution in [0.4, 0.5) is 11.5 Å². The fourth-order valence-corrected chi connectivity index (χ4v) is 3.52. The van der Waals surface area contributed by atoms with Crippen LogP contribution in [0, 0.1) is 17.0 Å². The molecule has 1 saturated carbocycles. The van der Waals surface area contributed by atoms with Gasteiger partial charge in [-0.3, -0.25) is 10.1 Å². The van der Waals surface area contributed by atoms with Crippen LogP contribution in [0.25, 0.3) is 0 Å². The van der Waals surface area contributed by atoms with Crippen molar-refractivity contribution in [1.82, 2.24) is 4.98 Å². The van der Waals surface area contributed by atoms with Gasteiger partial charge in [0.25, 0.3) is 0 Å². The van der Waals surface area contributed by atoms with Crippen LogP contribution in [0.1, 0.15) is 37.7 Å². The smallest absolute Gasteiger partial charge is 0.314 e. The SMILES string of the molecule is Cc1ccnc(N2CCOC3(CCCCC3)C2)c1[N+](=O)[O-]. The van der Waals surface area contributed by atoms with Gasteiger partial charge >= 0.3 is 5.69 Å². The Morgan fingerprint density at radius 2 is 2.14 bits per heavy atom. The van der Waals surface area contributed by atoms with Crippen LogP contribution >= 0.6 is 0 Å². The number of pyridine rings is 1. The predicted molar refractivity (Wildman–Crippen MR) is 79.6 cm³/mol. The molecule has 6 nitrogen and oxygen atoms in total. The molecule has 1 spiro atoms. The molecule has 0 atom stereocenters. The molecule has 114 valence electrons. The van der Waals surface area contributed by atoms with E-state index in [1.165, 1.54) is 19.3 Å². The number of hydrogen-bond acceptors (Lipinski definition) is 5. The van der Waals surface area contributed by atoms with Crippen molar-refractivity contribution in [3.63, 3.8) is 0 Å². The first-order chi connectivity index (χ1) is 10.1. The fourth-order valence-electron chi connectivity index (χ4n) is 3.52. The van der Waals surface area contributed by atoms with Gasteiger partial charge in [0.1, 0.15) is 0 Å². The summed E-state index contributed by atoms with van der Waals surface area (Å²) in [6.45, 7) is 3.76. The lowest BCUT2D eigenvalue weighted by Gasteiger charge is -2.45. The number of nitrogens with zero attached hydrogens (tertiary/aromatic N) is 3. The summed E-state index contributed by atoms with van der Waals surface area (Å²) in [7, 11) is 0. The van der Waals surface area contributed by atoms with Gasteiger partial charge in [0.05, 0.1) is 17.1 Å². The number of aryl methyl sites for hydroxylation is 1. The number of nitro groups is 1. The Labute approximate surface area is 124 Å². The van der Waals surface area contributed by atoms with E-state index >= 15 is 0 Å². The third-order valence-electron chi connectivity index (χ3n) is 4.60. The second-order valence-electron chi connectivity index (χ2n) is 6.07. The summed E-state index contributed by atoms with van der Waals surface area (Å²) in [6.07, 6.45) is 7.36. The first kappa shape index (κ1) is 14.3. The highest BCUT2D eigenvalue weighted by Crippen LogP contribution is 2.37. The van der Waals surface area contributed by atoms with E-state index in [1.54, 1.807) is 19.2 Å². The van der Waals surface area contributed by atoms with Crippen molar-refractivity contribution in [2.24, 2.45) is 0 Å². The molecular formula is C15H21N3O3.